The molecule has 0 fully saturated rings. The van der Waals surface area contributed by atoms with Crippen molar-refractivity contribution in [3.8, 4) is 0 Å². The number of carbonyl (C=O) groups is 2. The van der Waals surface area contributed by atoms with Crippen LogP contribution >= 0.6 is 0 Å². The van der Waals surface area contributed by atoms with E-state index in [4.69, 9.17) is 9.15 Å². The molecule has 0 amide bonds. The normalized spacial score (nSPS) is 30.2. The van der Waals surface area contributed by atoms with Crippen LogP contribution in [0.4, 0.5) is 0 Å². The van der Waals surface area contributed by atoms with Crippen molar-refractivity contribution in [1.82, 2.24) is 0 Å². The molecule has 1 heterocycles. The standard InChI is InChI=1S/C20H26O4/c1-6-11(2)19(22)24-18-15-12(3)10-23-17(15)16(21)14-9-7-8-13(4)20(14,18)5/h9-11,13,18H,6-8H2,1-5H3/t11-,13-,18-,20+/m0/s1. The fourth-order valence-corrected chi connectivity index (χ4v) is 3.96. The molecule has 1 aromatic rings. The van der Waals surface area contributed by atoms with E-state index in [1.165, 1.54) is 0 Å². The Morgan fingerprint density at radius 3 is 2.88 bits per heavy atom. The number of ether oxygens (including phenoxy) is 1. The van der Waals surface area contributed by atoms with E-state index in [1.54, 1.807) is 6.26 Å². The maximum Gasteiger partial charge on any atom is 0.309 e. The molecule has 4 atom stereocenters. The molecule has 2 aliphatic rings. The number of hydrogen-bond donors (Lipinski definition) is 0. The summed E-state index contributed by atoms with van der Waals surface area (Å²) in [5, 5.41) is 0. The van der Waals surface area contributed by atoms with Crippen LogP contribution in [0.15, 0.2) is 22.3 Å². The van der Waals surface area contributed by atoms with E-state index in [-0.39, 0.29) is 23.6 Å². The van der Waals surface area contributed by atoms with Gasteiger partial charge < -0.3 is 9.15 Å². The lowest BCUT2D eigenvalue weighted by Gasteiger charge is -2.47. The van der Waals surface area contributed by atoms with Crippen LogP contribution in [0.5, 0.6) is 0 Å². The molecule has 4 heteroatoms. The van der Waals surface area contributed by atoms with Crippen LogP contribution in [0.25, 0.3) is 0 Å². The van der Waals surface area contributed by atoms with Crippen molar-refractivity contribution >= 4 is 11.8 Å². The number of aryl methyl sites for hydroxylation is 1. The van der Waals surface area contributed by atoms with E-state index in [0.29, 0.717) is 5.76 Å². The third-order valence-corrected chi connectivity index (χ3v) is 6.08. The zero-order valence-corrected chi connectivity index (χ0v) is 15.1. The van der Waals surface area contributed by atoms with Gasteiger partial charge in [0, 0.05) is 16.6 Å². The number of hydrogen-bond acceptors (Lipinski definition) is 4. The summed E-state index contributed by atoms with van der Waals surface area (Å²) in [7, 11) is 0. The number of Topliss-reactive ketones (excluding diaryl/α,β-unsaturated/α-hetero) is 1. The van der Waals surface area contributed by atoms with Crippen molar-refractivity contribution in [2.24, 2.45) is 17.3 Å². The Morgan fingerprint density at radius 1 is 1.50 bits per heavy atom. The van der Waals surface area contributed by atoms with E-state index in [0.717, 1.165) is 36.0 Å². The van der Waals surface area contributed by atoms with Crippen LogP contribution in [-0.4, -0.2) is 11.8 Å². The number of furan rings is 1. The third kappa shape index (κ3) is 2.27. The van der Waals surface area contributed by atoms with Gasteiger partial charge in [0.2, 0.25) is 5.78 Å². The Morgan fingerprint density at radius 2 is 2.21 bits per heavy atom. The molecular formula is C20H26O4. The van der Waals surface area contributed by atoms with Gasteiger partial charge in [0.1, 0.15) is 6.10 Å². The Kier molecular flexibility index (Phi) is 4.18. The lowest BCUT2D eigenvalue weighted by molar-refractivity contribution is -0.162. The Labute approximate surface area is 143 Å². The summed E-state index contributed by atoms with van der Waals surface area (Å²) < 4.78 is 11.6. The van der Waals surface area contributed by atoms with Crippen molar-refractivity contribution in [3.63, 3.8) is 0 Å². The van der Waals surface area contributed by atoms with Crippen LogP contribution in [-0.2, 0) is 9.53 Å². The van der Waals surface area contributed by atoms with Gasteiger partial charge in [0.05, 0.1) is 12.2 Å². The third-order valence-electron chi connectivity index (χ3n) is 6.08. The van der Waals surface area contributed by atoms with Crippen molar-refractivity contribution in [1.29, 1.82) is 0 Å². The van der Waals surface area contributed by atoms with Crippen LogP contribution in [0.3, 0.4) is 0 Å². The minimum atomic E-state index is -0.500. The van der Waals surface area contributed by atoms with E-state index >= 15 is 0 Å². The second kappa shape index (κ2) is 5.91. The largest absolute Gasteiger partial charge is 0.460 e. The number of carbonyl (C=O) groups excluding carboxylic acids is 2. The van der Waals surface area contributed by atoms with Gasteiger partial charge >= 0.3 is 5.97 Å². The van der Waals surface area contributed by atoms with Crippen molar-refractivity contribution in [3.05, 3.63) is 34.8 Å². The molecule has 3 rings (SSSR count). The molecule has 0 N–H and O–H groups in total. The predicted molar refractivity (Wildman–Crippen MR) is 90.7 cm³/mol. The van der Waals surface area contributed by atoms with Crippen molar-refractivity contribution in [2.45, 2.75) is 60.0 Å². The number of esters is 1. The smallest absolute Gasteiger partial charge is 0.309 e. The van der Waals surface area contributed by atoms with Crippen LogP contribution in [0, 0.1) is 24.2 Å². The van der Waals surface area contributed by atoms with Gasteiger partial charge in [-0.2, -0.15) is 0 Å². The van der Waals surface area contributed by atoms with Gasteiger partial charge in [-0.3, -0.25) is 9.59 Å². The van der Waals surface area contributed by atoms with Gasteiger partial charge in [-0.25, -0.2) is 0 Å². The highest BCUT2D eigenvalue weighted by molar-refractivity contribution is 6.10. The summed E-state index contributed by atoms with van der Waals surface area (Å²) in [5.41, 5.74) is 1.87. The molecule has 0 aliphatic heterocycles. The quantitative estimate of drug-likeness (QED) is 0.749. The second-order valence-electron chi connectivity index (χ2n) is 7.50. The second-order valence-corrected chi connectivity index (χ2v) is 7.50. The average molecular weight is 330 g/mol. The molecule has 0 aromatic carbocycles. The minimum absolute atomic E-state index is 0.0528. The van der Waals surface area contributed by atoms with Crippen molar-refractivity contribution in [2.75, 3.05) is 0 Å². The highest BCUT2D eigenvalue weighted by Crippen LogP contribution is 2.57. The molecular weight excluding hydrogens is 304 g/mol. The molecule has 130 valence electrons. The number of ketones is 1. The molecule has 24 heavy (non-hydrogen) atoms. The molecule has 4 nitrogen and oxygen atoms in total. The Hall–Kier alpha value is -1.84. The van der Waals surface area contributed by atoms with E-state index in [1.807, 2.05) is 26.8 Å². The molecule has 0 bridgehead atoms. The van der Waals surface area contributed by atoms with E-state index < -0.39 is 11.5 Å². The summed E-state index contributed by atoms with van der Waals surface area (Å²) in [4.78, 5) is 25.5. The molecule has 0 saturated heterocycles. The molecule has 0 spiro atoms. The van der Waals surface area contributed by atoms with Crippen LogP contribution < -0.4 is 0 Å². The van der Waals surface area contributed by atoms with Gasteiger partial charge in [0.15, 0.2) is 5.76 Å². The Bertz CT molecular complexity index is 711. The summed E-state index contributed by atoms with van der Waals surface area (Å²) in [6, 6.07) is 0. The summed E-state index contributed by atoms with van der Waals surface area (Å²) in [5.74, 6) is 0.170. The van der Waals surface area contributed by atoms with Gasteiger partial charge in [-0.1, -0.05) is 33.8 Å². The fourth-order valence-electron chi connectivity index (χ4n) is 3.96. The number of rotatable bonds is 3. The van der Waals surface area contributed by atoms with Gasteiger partial charge in [0.25, 0.3) is 0 Å². The maximum absolute atomic E-state index is 12.9. The molecule has 0 radical (unpaired) electrons. The highest BCUT2D eigenvalue weighted by Gasteiger charge is 2.55. The lowest BCUT2D eigenvalue weighted by Crippen LogP contribution is -2.45. The van der Waals surface area contributed by atoms with E-state index in [9.17, 15) is 9.59 Å². The lowest BCUT2D eigenvalue weighted by atomic mass is 9.58. The minimum Gasteiger partial charge on any atom is -0.460 e. The topological polar surface area (TPSA) is 56.5 Å². The maximum atomic E-state index is 12.9. The first-order chi connectivity index (χ1) is 11.3. The SMILES string of the molecule is CC[C@H](C)C(=O)O[C@H]1c2c(C)coc2C(=O)C2=CCC[C@H](C)[C@]21C. The number of fused-ring (bicyclic) bond motifs is 2. The molecule has 0 saturated carbocycles. The van der Waals surface area contributed by atoms with Gasteiger partial charge in [-0.05, 0) is 37.7 Å². The zero-order valence-electron chi connectivity index (χ0n) is 15.1. The summed E-state index contributed by atoms with van der Waals surface area (Å²) in [6.07, 6.45) is 5.73. The molecule has 0 unspecified atom stereocenters. The van der Waals surface area contributed by atoms with Crippen molar-refractivity contribution < 1.29 is 18.7 Å². The molecule has 2 aliphatic carbocycles. The van der Waals surface area contributed by atoms with Crippen LogP contribution in [0.1, 0.15) is 74.7 Å². The predicted octanol–water partition coefficient (Wildman–Crippen LogP) is 4.78. The van der Waals surface area contributed by atoms with Crippen LogP contribution in [0.2, 0.25) is 0 Å². The monoisotopic (exact) mass is 330 g/mol. The number of allylic oxidation sites excluding steroid dienone is 1. The molecule has 1 aromatic heterocycles. The highest BCUT2D eigenvalue weighted by atomic mass is 16.5. The first-order valence-corrected chi connectivity index (χ1v) is 8.86. The fraction of sp³-hybridized carbons (Fsp3) is 0.600. The summed E-state index contributed by atoms with van der Waals surface area (Å²) in [6.45, 7) is 9.96. The first-order valence-electron chi connectivity index (χ1n) is 8.86. The Balaban J connectivity index is 2.15. The zero-order chi connectivity index (χ0) is 17.6. The van der Waals surface area contributed by atoms with Gasteiger partial charge in [-0.15, -0.1) is 0 Å². The van der Waals surface area contributed by atoms with E-state index in [2.05, 4.69) is 13.8 Å². The first kappa shape index (κ1) is 17.0. The average Bonchev–Trinajstić information content (AvgIpc) is 2.94. The summed E-state index contributed by atoms with van der Waals surface area (Å²) >= 11 is 0.